The van der Waals surface area contributed by atoms with Crippen LogP contribution in [0.1, 0.15) is 1.43 Å². The van der Waals surface area contributed by atoms with E-state index in [0.29, 0.717) is 0 Å². The number of primary sulfonamides is 1. The number of halogens is 2. The predicted molar refractivity (Wildman–Crippen MR) is 25.1 cm³/mol. The molecular formula is CH8F2LiNO2S. The van der Waals surface area contributed by atoms with Gasteiger partial charge in [0.05, 0.1) is 6.26 Å². The molecule has 0 radical (unpaired) electrons. The number of sulfonamides is 1. The van der Waals surface area contributed by atoms with E-state index in [1.54, 1.807) is 0 Å². The molecule has 2 N–H and O–H groups in total. The molecule has 0 rings (SSSR count). The van der Waals surface area contributed by atoms with E-state index < -0.39 is 10.0 Å². The minimum atomic E-state index is -3.17. The van der Waals surface area contributed by atoms with Crippen LogP contribution in [0.2, 0.25) is 0 Å². The van der Waals surface area contributed by atoms with E-state index in [1.165, 1.54) is 0 Å². The van der Waals surface area contributed by atoms with Gasteiger partial charge in [-0.25, -0.2) is 13.6 Å². The second kappa shape index (κ2) is 7.37. The summed E-state index contributed by atoms with van der Waals surface area (Å²) in [5.74, 6) is 0. The fourth-order valence-corrected chi connectivity index (χ4v) is 0. The fraction of sp³-hybridized carbons (Fsp3) is 1.00. The van der Waals surface area contributed by atoms with Crippen LogP contribution in [0, 0.1) is 0 Å². The fourth-order valence-electron chi connectivity index (χ4n) is 0. The van der Waals surface area contributed by atoms with Crippen molar-refractivity contribution in [3.63, 3.8) is 0 Å². The van der Waals surface area contributed by atoms with Crippen LogP contribution in [0.25, 0.3) is 0 Å². The van der Waals surface area contributed by atoms with Crippen molar-refractivity contribution >= 4 is 10.0 Å². The Labute approximate surface area is 60.1 Å². The summed E-state index contributed by atoms with van der Waals surface area (Å²) >= 11 is 0. The average Bonchev–Trinajstić information content (AvgIpc) is 0.722. The summed E-state index contributed by atoms with van der Waals surface area (Å²) in [7, 11) is -3.17. The Morgan fingerprint density at radius 1 is 1.38 bits per heavy atom. The molecule has 0 fully saturated rings. The smallest absolute Gasteiger partial charge is 1.00 e. The molecule has 8 heavy (non-hydrogen) atoms. The van der Waals surface area contributed by atoms with Crippen LogP contribution in [0.3, 0.4) is 0 Å². The number of hydrogen-bond donors (Lipinski definition) is 1. The summed E-state index contributed by atoms with van der Waals surface area (Å²) in [5, 5.41) is 4.33. The van der Waals surface area contributed by atoms with Crippen LogP contribution in [-0.4, -0.2) is 14.7 Å². The molecule has 0 aromatic rings. The van der Waals surface area contributed by atoms with Gasteiger partial charge in [-0.2, -0.15) is 0 Å². The van der Waals surface area contributed by atoms with Gasteiger partial charge in [-0.1, -0.05) is 0 Å². The zero-order valence-electron chi connectivity index (χ0n) is 5.62. The summed E-state index contributed by atoms with van der Waals surface area (Å²) < 4.78 is 18.8. The molecule has 0 spiro atoms. The second-order valence-corrected chi connectivity index (χ2v) is 2.49. The Bertz CT molecular complexity index is 108. The largest absolute Gasteiger partial charge is 1.00 e. The van der Waals surface area contributed by atoms with Crippen molar-refractivity contribution in [1.82, 2.24) is 0 Å². The van der Waals surface area contributed by atoms with Crippen LogP contribution >= 0.6 is 0 Å². The zero-order chi connectivity index (χ0) is 4.50. The van der Waals surface area contributed by atoms with Gasteiger partial charge in [0.25, 0.3) is 0 Å². The maximum Gasteiger partial charge on any atom is 1.00 e. The van der Waals surface area contributed by atoms with Crippen LogP contribution in [0.4, 0.5) is 9.41 Å². The van der Waals surface area contributed by atoms with Crippen LogP contribution in [-0.2, 0) is 10.0 Å². The van der Waals surface area contributed by atoms with Crippen molar-refractivity contribution in [2.24, 2.45) is 5.14 Å². The first-order valence-corrected chi connectivity index (χ1v) is 2.93. The van der Waals surface area contributed by atoms with Gasteiger partial charge in [0.15, 0.2) is 0 Å². The van der Waals surface area contributed by atoms with Crippen LogP contribution < -0.4 is 24.0 Å². The Hall–Kier alpha value is 0.367. The molecule has 0 heterocycles. The summed E-state index contributed by atoms with van der Waals surface area (Å²) in [5.41, 5.74) is 0. The minimum absolute atomic E-state index is 0. The van der Waals surface area contributed by atoms with Gasteiger partial charge in [-0.05, 0) is 0 Å². The molecule has 0 aromatic carbocycles. The Morgan fingerprint density at radius 3 is 1.38 bits per heavy atom. The maximum atomic E-state index is 9.41. The Balaban J connectivity index is -0.0000000133. The molecule has 7 heteroatoms. The predicted octanol–water partition coefficient (Wildman–Crippen LogP) is -3.67. The van der Waals surface area contributed by atoms with Crippen LogP contribution in [0.15, 0.2) is 0 Å². The van der Waals surface area contributed by atoms with E-state index in [4.69, 9.17) is 0 Å². The molecule has 0 aliphatic rings. The van der Waals surface area contributed by atoms with Gasteiger partial charge in [0.2, 0.25) is 10.0 Å². The summed E-state index contributed by atoms with van der Waals surface area (Å²) in [6.07, 6.45) is 0.938. The third-order valence-electron chi connectivity index (χ3n) is 0. The molecule has 0 saturated carbocycles. The van der Waals surface area contributed by atoms with E-state index in [2.05, 4.69) is 5.14 Å². The van der Waals surface area contributed by atoms with Gasteiger partial charge in [-0.3, -0.25) is 9.41 Å². The topological polar surface area (TPSA) is 60.2 Å². The Morgan fingerprint density at radius 2 is 1.38 bits per heavy atom. The molecule has 0 aliphatic heterocycles. The molecule has 0 unspecified atom stereocenters. The van der Waals surface area contributed by atoms with E-state index in [0.717, 1.165) is 6.26 Å². The average molecular weight is 143 g/mol. The van der Waals surface area contributed by atoms with E-state index in [-0.39, 0.29) is 29.7 Å². The van der Waals surface area contributed by atoms with Crippen molar-refractivity contribution in [3.05, 3.63) is 0 Å². The first-order chi connectivity index (χ1) is 2.00. The summed E-state index contributed by atoms with van der Waals surface area (Å²) in [6.45, 7) is 0. The third-order valence-corrected chi connectivity index (χ3v) is 0. The quantitative estimate of drug-likeness (QED) is 0.355. The number of rotatable bonds is 0. The molecular weight excluding hydrogens is 135 g/mol. The van der Waals surface area contributed by atoms with Gasteiger partial charge in [-0.15, -0.1) is 0 Å². The van der Waals surface area contributed by atoms with E-state index in [1.807, 2.05) is 0 Å². The van der Waals surface area contributed by atoms with Crippen molar-refractivity contribution in [3.8, 4) is 0 Å². The first kappa shape index (κ1) is 23.8. The normalized spacial score (nSPS) is 7.25. The molecule has 0 aliphatic carbocycles. The molecule has 3 nitrogen and oxygen atoms in total. The first-order valence-electron chi connectivity index (χ1n) is 0.977. The van der Waals surface area contributed by atoms with Crippen molar-refractivity contribution < 1.29 is 38.1 Å². The molecule has 0 bridgehead atoms. The van der Waals surface area contributed by atoms with Gasteiger partial charge >= 0.3 is 18.9 Å². The van der Waals surface area contributed by atoms with Gasteiger partial charge in [0, 0.05) is 0 Å². The third kappa shape index (κ3) is 1360. The standard InChI is InChI=1S/CH5NO2S.2FH.Li.H/c1-5(2,3)4;;;;/h1H3,(H2,2,3,4);2*1H;;/q;;;+1;-1. The molecule has 0 atom stereocenters. The van der Waals surface area contributed by atoms with Crippen molar-refractivity contribution in [2.45, 2.75) is 0 Å². The molecule has 0 aromatic heterocycles. The molecule has 50 valence electrons. The Kier molecular flexibility index (Phi) is 21.9. The van der Waals surface area contributed by atoms with Crippen molar-refractivity contribution in [2.75, 3.05) is 6.26 Å². The van der Waals surface area contributed by atoms with Gasteiger partial charge < -0.3 is 1.43 Å². The summed E-state index contributed by atoms with van der Waals surface area (Å²) in [4.78, 5) is 0. The molecule has 0 saturated heterocycles. The monoisotopic (exact) mass is 143 g/mol. The van der Waals surface area contributed by atoms with E-state index in [9.17, 15) is 8.42 Å². The zero-order valence-corrected chi connectivity index (χ0v) is 5.44. The van der Waals surface area contributed by atoms with Crippen molar-refractivity contribution in [1.29, 1.82) is 0 Å². The maximum absolute atomic E-state index is 9.41. The number of hydrogen-bond acceptors (Lipinski definition) is 2. The molecule has 0 amide bonds. The minimum Gasteiger partial charge on any atom is -1.00 e. The number of nitrogens with two attached hydrogens (primary N) is 1. The van der Waals surface area contributed by atoms with Crippen LogP contribution in [0.5, 0.6) is 0 Å². The summed E-state index contributed by atoms with van der Waals surface area (Å²) in [6, 6.07) is 0. The van der Waals surface area contributed by atoms with E-state index >= 15 is 0 Å². The van der Waals surface area contributed by atoms with Gasteiger partial charge in [0.1, 0.15) is 0 Å². The second-order valence-electron chi connectivity index (χ2n) is 0.830. The SMILES string of the molecule is CS(N)(=O)=O.F.F.[H-].[Li+].